The molecule has 0 spiro atoms. The summed E-state index contributed by atoms with van der Waals surface area (Å²) < 4.78 is 30.9. The molecule has 0 radical (unpaired) electrons. The molecular weight excluding hydrogens is 244 g/mol. The van der Waals surface area contributed by atoms with Gasteiger partial charge in [-0.25, -0.2) is 13.6 Å². The molecule has 100 valence electrons. The molecular formula is C12H15F2NO3. The molecule has 0 amide bonds. The highest BCUT2D eigenvalue weighted by Gasteiger charge is 2.18. The van der Waals surface area contributed by atoms with Crippen molar-refractivity contribution in [2.75, 3.05) is 12.3 Å². The number of carbonyl (C=O) groups is 1. The molecule has 6 heteroatoms. The van der Waals surface area contributed by atoms with Crippen LogP contribution in [-0.4, -0.2) is 23.3 Å². The van der Waals surface area contributed by atoms with Crippen molar-refractivity contribution >= 4 is 11.7 Å². The van der Waals surface area contributed by atoms with Gasteiger partial charge in [-0.15, -0.1) is 0 Å². The average molecular weight is 259 g/mol. The van der Waals surface area contributed by atoms with Gasteiger partial charge in [-0.05, 0) is 19.9 Å². The second-order valence-corrected chi connectivity index (χ2v) is 4.55. The smallest absolute Gasteiger partial charge is 0.341 e. The topological polar surface area (TPSA) is 72.5 Å². The van der Waals surface area contributed by atoms with Crippen LogP contribution in [0.4, 0.5) is 14.5 Å². The number of hydrogen-bond donors (Lipinski definition) is 2. The summed E-state index contributed by atoms with van der Waals surface area (Å²) in [4.78, 5) is 11.5. The van der Waals surface area contributed by atoms with E-state index in [0.717, 1.165) is 6.07 Å². The Morgan fingerprint density at radius 3 is 2.56 bits per heavy atom. The number of carbonyl (C=O) groups excluding carboxylic acids is 1. The van der Waals surface area contributed by atoms with Crippen LogP contribution < -0.4 is 5.73 Å². The van der Waals surface area contributed by atoms with Gasteiger partial charge in [0.15, 0.2) is 0 Å². The fourth-order valence-electron chi connectivity index (χ4n) is 1.19. The predicted octanol–water partition coefficient (Wildman–Crippen LogP) is 1.86. The summed E-state index contributed by atoms with van der Waals surface area (Å²) in [6, 6.07) is 1.42. The molecule has 0 aliphatic rings. The molecule has 0 aromatic heterocycles. The van der Waals surface area contributed by atoms with E-state index in [4.69, 9.17) is 10.5 Å². The third-order valence-corrected chi connectivity index (χ3v) is 2.25. The van der Waals surface area contributed by atoms with Crippen molar-refractivity contribution in [2.24, 2.45) is 0 Å². The van der Waals surface area contributed by atoms with Gasteiger partial charge in [0, 0.05) is 12.5 Å². The van der Waals surface area contributed by atoms with Gasteiger partial charge >= 0.3 is 5.97 Å². The minimum atomic E-state index is -1.03. The Kier molecular flexibility index (Phi) is 4.24. The van der Waals surface area contributed by atoms with Crippen molar-refractivity contribution in [3.8, 4) is 0 Å². The lowest BCUT2D eigenvalue weighted by Gasteiger charge is -2.16. The first-order valence-electron chi connectivity index (χ1n) is 5.35. The van der Waals surface area contributed by atoms with Gasteiger partial charge in [-0.1, -0.05) is 0 Å². The van der Waals surface area contributed by atoms with Crippen molar-refractivity contribution in [3.05, 3.63) is 29.3 Å². The number of nitrogen functional groups attached to an aromatic ring is 1. The lowest BCUT2D eigenvalue weighted by Crippen LogP contribution is -2.22. The van der Waals surface area contributed by atoms with Crippen molar-refractivity contribution in [1.82, 2.24) is 0 Å². The zero-order valence-corrected chi connectivity index (χ0v) is 10.2. The number of anilines is 1. The minimum absolute atomic E-state index is 0.0704. The van der Waals surface area contributed by atoms with Crippen molar-refractivity contribution in [1.29, 1.82) is 0 Å². The number of ether oxygens (including phenoxy) is 1. The van der Waals surface area contributed by atoms with Crippen molar-refractivity contribution in [3.63, 3.8) is 0 Å². The summed E-state index contributed by atoms with van der Waals surface area (Å²) in [5, 5.41) is 9.40. The quantitative estimate of drug-likeness (QED) is 0.639. The third-order valence-electron chi connectivity index (χ3n) is 2.25. The summed E-state index contributed by atoms with van der Waals surface area (Å²) in [6.45, 7) is 3.04. The molecule has 0 saturated carbocycles. The van der Waals surface area contributed by atoms with E-state index in [2.05, 4.69) is 0 Å². The second-order valence-electron chi connectivity index (χ2n) is 4.55. The Morgan fingerprint density at radius 1 is 1.39 bits per heavy atom. The monoisotopic (exact) mass is 259 g/mol. The Balaban J connectivity index is 2.70. The number of nitrogens with two attached hydrogens (primary N) is 1. The molecule has 3 N–H and O–H groups in total. The maximum absolute atomic E-state index is 13.3. The molecule has 0 unspecified atom stereocenters. The van der Waals surface area contributed by atoms with Crippen LogP contribution in [0.3, 0.4) is 0 Å². The number of rotatable bonds is 4. The van der Waals surface area contributed by atoms with Crippen LogP contribution in [-0.2, 0) is 4.74 Å². The van der Waals surface area contributed by atoms with E-state index >= 15 is 0 Å². The molecule has 4 nitrogen and oxygen atoms in total. The van der Waals surface area contributed by atoms with Gasteiger partial charge in [-0.2, -0.15) is 0 Å². The molecule has 0 saturated heterocycles. The number of hydrogen-bond acceptors (Lipinski definition) is 4. The van der Waals surface area contributed by atoms with Crippen molar-refractivity contribution < 1.29 is 23.4 Å². The first-order valence-corrected chi connectivity index (χ1v) is 5.35. The maximum atomic E-state index is 13.3. The van der Waals surface area contributed by atoms with E-state index in [1.165, 1.54) is 0 Å². The molecule has 1 aromatic carbocycles. The molecule has 1 rings (SSSR count). The van der Waals surface area contributed by atoms with E-state index < -0.39 is 28.8 Å². The molecule has 0 fully saturated rings. The van der Waals surface area contributed by atoms with Gasteiger partial charge in [0.1, 0.15) is 11.6 Å². The summed E-state index contributed by atoms with van der Waals surface area (Å²) in [5.74, 6) is -2.90. The van der Waals surface area contributed by atoms with Gasteiger partial charge in [0.05, 0.1) is 23.5 Å². The van der Waals surface area contributed by atoms with Crippen LogP contribution in [0.1, 0.15) is 30.6 Å². The summed E-state index contributed by atoms with van der Waals surface area (Å²) in [5.41, 5.74) is 3.50. The maximum Gasteiger partial charge on any atom is 0.341 e. The molecule has 0 bridgehead atoms. The van der Waals surface area contributed by atoms with E-state index in [-0.39, 0.29) is 18.7 Å². The highest BCUT2D eigenvalue weighted by atomic mass is 19.1. The van der Waals surface area contributed by atoms with Gasteiger partial charge < -0.3 is 15.6 Å². The Morgan fingerprint density at radius 2 is 2.00 bits per heavy atom. The first kappa shape index (κ1) is 14.4. The van der Waals surface area contributed by atoms with Gasteiger partial charge in [0.2, 0.25) is 0 Å². The lowest BCUT2D eigenvalue weighted by molar-refractivity contribution is 0.0241. The zero-order chi connectivity index (χ0) is 13.9. The van der Waals surface area contributed by atoms with Crippen LogP contribution in [0.25, 0.3) is 0 Å². The first-order chi connectivity index (χ1) is 8.20. The normalized spacial score (nSPS) is 11.4. The van der Waals surface area contributed by atoms with Crippen LogP contribution in [0.5, 0.6) is 0 Å². The fourth-order valence-corrected chi connectivity index (χ4v) is 1.19. The Bertz CT molecular complexity index is 455. The average Bonchev–Trinajstić information content (AvgIpc) is 2.21. The van der Waals surface area contributed by atoms with Crippen molar-refractivity contribution in [2.45, 2.75) is 25.9 Å². The summed E-state index contributed by atoms with van der Waals surface area (Å²) in [6.07, 6.45) is 0.205. The predicted molar refractivity (Wildman–Crippen MR) is 62.0 cm³/mol. The fraction of sp³-hybridized carbons (Fsp3) is 0.417. The Labute approximate surface area is 103 Å². The number of halogens is 2. The summed E-state index contributed by atoms with van der Waals surface area (Å²) in [7, 11) is 0. The highest BCUT2D eigenvalue weighted by Crippen LogP contribution is 2.18. The molecule has 0 aliphatic heterocycles. The molecule has 0 atom stereocenters. The van der Waals surface area contributed by atoms with Crippen LogP contribution in [0, 0.1) is 11.6 Å². The van der Waals surface area contributed by atoms with E-state index in [1.54, 1.807) is 13.8 Å². The third kappa shape index (κ3) is 3.96. The zero-order valence-electron chi connectivity index (χ0n) is 10.2. The standard InChI is InChI=1S/C12H15F2NO3/c1-12(2,17)3-4-18-11(16)7-5-10(15)9(14)6-8(7)13/h5-6,17H,3-4,15H2,1-2H3. The number of benzene rings is 1. The SMILES string of the molecule is CC(C)(O)CCOC(=O)c1cc(N)c(F)cc1F. The highest BCUT2D eigenvalue weighted by molar-refractivity contribution is 5.90. The Hall–Kier alpha value is -1.69. The number of esters is 1. The number of aliphatic hydroxyl groups is 1. The molecule has 0 aliphatic carbocycles. The van der Waals surface area contributed by atoms with E-state index in [9.17, 15) is 18.7 Å². The molecule has 0 heterocycles. The second kappa shape index (κ2) is 5.30. The van der Waals surface area contributed by atoms with Gasteiger partial charge in [0.25, 0.3) is 0 Å². The van der Waals surface area contributed by atoms with E-state index in [0.29, 0.717) is 6.07 Å². The lowest BCUT2D eigenvalue weighted by atomic mass is 10.1. The largest absolute Gasteiger partial charge is 0.462 e. The molecule has 1 aromatic rings. The van der Waals surface area contributed by atoms with Crippen LogP contribution in [0.15, 0.2) is 12.1 Å². The molecule has 18 heavy (non-hydrogen) atoms. The minimum Gasteiger partial charge on any atom is -0.462 e. The van der Waals surface area contributed by atoms with E-state index in [1.807, 2.05) is 0 Å². The van der Waals surface area contributed by atoms with Crippen LogP contribution >= 0.6 is 0 Å². The van der Waals surface area contributed by atoms with Crippen LogP contribution in [0.2, 0.25) is 0 Å². The summed E-state index contributed by atoms with van der Waals surface area (Å²) >= 11 is 0. The van der Waals surface area contributed by atoms with Gasteiger partial charge in [-0.3, -0.25) is 0 Å².